The van der Waals surface area contributed by atoms with Gasteiger partial charge in [0.25, 0.3) is 0 Å². The number of rotatable bonds is 6. The van der Waals surface area contributed by atoms with Crippen LogP contribution in [0.3, 0.4) is 0 Å². The van der Waals surface area contributed by atoms with Crippen molar-refractivity contribution in [1.82, 2.24) is 15.5 Å². The lowest BCUT2D eigenvalue weighted by atomic mass is 10.2. The zero-order valence-corrected chi connectivity index (χ0v) is 16.0. The lowest BCUT2D eigenvalue weighted by molar-refractivity contribution is -0.130. The van der Waals surface area contributed by atoms with E-state index in [1.54, 1.807) is 23.9 Å². The summed E-state index contributed by atoms with van der Waals surface area (Å²) < 4.78 is 34.6. The molecule has 2 aliphatic rings. The first kappa shape index (κ1) is 20.3. The average molecular weight is 397 g/mol. The third-order valence-electron chi connectivity index (χ3n) is 4.90. The minimum atomic E-state index is -0.741. The van der Waals surface area contributed by atoms with Gasteiger partial charge in [-0.25, -0.2) is 13.6 Å². The van der Waals surface area contributed by atoms with Crippen LogP contribution in [0.5, 0.6) is 0 Å². The Morgan fingerprint density at radius 3 is 2.36 bits per heavy atom. The van der Waals surface area contributed by atoms with Crippen LogP contribution in [0.4, 0.5) is 25.0 Å². The molecule has 0 bridgehead atoms. The first-order valence-electron chi connectivity index (χ1n) is 9.23. The van der Waals surface area contributed by atoms with E-state index in [-0.39, 0.29) is 36.5 Å². The Labute approximate surface area is 162 Å². The summed E-state index contributed by atoms with van der Waals surface area (Å²) in [5.41, 5.74) is -0.00556. The number of piperazine rings is 1. The van der Waals surface area contributed by atoms with Gasteiger partial charge in [-0.3, -0.25) is 9.69 Å². The van der Waals surface area contributed by atoms with E-state index in [2.05, 4.69) is 10.6 Å². The second-order valence-corrected chi connectivity index (χ2v) is 6.83. The van der Waals surface area contributed by atoms with Gasteiger partial charge in [0.1, 0.15) is 11.8 Å². The van der Waals surface area contributed by atoms with Gasteiger partial charge in [-0.05, 0) is 14.1 Å². The molecule has 3 rings (SSSR count). The predicted octanol–water partition coefficient (Wildman–Crippen LogP) is 0.377. The molecule has 0 saturated carbocycles. The lowest BCUT2D eigenvalue weighted by Gasteiger charge is -2.36. The van der Waals surface area contributed by atoms with Crippen molar-refractivity contribution in [1.29, 1.82) is 0 Å². The molecule has 2 N–H and O–H groups in total. The van der Waals surface area contributed by atoms with Crippen molar-refractivity contribution in [2.24, 2.45) is 0 Å². The molecule has 2 aliphatic heterocycles. The molecule has 2 heterocycles. The Bertz CT molecular complexity index is 717. The highest BCUT2D eigenvalue weighted by molar-refractivity contribution is 5.90. The highest BCUT2D eigenvalue weighted by Gasteiger charge is 2.33. The molecule has 8 nitrogen and oxygen atoms in total. The number of halogens is 2. The van der Waals surface area contributed by atoms with E-state index >= 15 is 0 Å². The van der Waals surface area contributed by atoms with Crippen LogP contribution in [0.15, 0.2) is 12.1 Å². The van der Waals surface area contributed by atoms with Crippen LogP contribution in [0, 0.1) is 11.6 Å². The number of nitrogens with one attached hydrogen (secondary N) is 2. The topological polar surface area (TPSA) is 77.2 Å². The zero-order chi connectivity index (χ0) is 20.3. The first-order chi connectivity index (χ1) is 13.4. The van der Waals surface area contributed by atoms with Crippen LogP contribution in [0.1, 0.15) is 0 Å². The molecule has 1 atom stereocenters. The molecule has 1 aromatic carbocycles. The smallest absolute Gasteiger partial charge is 0.414 e. The van der Waals surface area contributed by atoms with Gasteiger partial charge < -0.3 is 25.2 Å². The summed E-state index contributed by atoms with van der Waals surface area (Å²) in [7, 11) is 3.42. The summed E-state index contributed by atoms with van der Waals surface area (Å²) in [4.78, 5) is 28.4. The number of carbonyl (C=O) groups is 2. The van der Waals surface area contributed by atoms with Crippen molar-refractivity contribution < 1.29 is 23.1 Å². The second kappa shape index (κ2) is 8.70. The van der Waals surface area contributed by atoms with Crippen molar-refractivity contribution >= 4 is 23.4 Å². The van der Waals surface area contributed by atoms with Crippen LogP contribution in [0.25, 0.3) is 0 Å². The quantitative estimate of drug-likeness (QED) is 0.723. The number of likely N-dealkylation sites (N-methyl/N-ethyl adjacent to an activating group) is 2. The summed E-state index contributed by atoms with van der Waals surface area (Å²) in [6.07, 6.45) is -0.991. The number of hydrogen-bond acceptors (Lipinski definition) is 6. The van der Waals surface area contributed by atoms with E-state index < -0.39 is 17.7 Å². The number of ether oxygens (including phenoxy) is 1. The highest BCUT2D eigenvalue weighted by atomic mass is 19.1. The van der Waals surface area contributed by atoms with Crippen molar-refractivity contribution in [3.63, 3.8) is 0 Å². The Morgan fingerprint density at radius 1 is 1.14 bits per heavy atom. The maximum Gasteiger partial charge on any atom is 0.414 e. The van der Waals surface area contributed by atoms with E-state index in [9.17, 15) is 18.4 Å². The number of nitrogens with zero attached hydrogens (tertiary/aromatic N) is 3. The van der Waals surface area contributed by atoms with Crippen LogP contribution < -0.4 is 20.4 Å². The van der Waals surface area contributed by atoms with Gasteiger partial charge >= 0.3 is 6.09 Å². The molecule has 2 fully saturated rings. The van der Waals surface area contributed by atoms with Crippen molar-refractivity contribution in [2.75, 3.05) is 69.7 Å². The molecule has 2 saturated heterocycles. The molecule has 0 aromatic heterocycles. The SMILES string of the molecule is CNCC(=O)N1CCN(c2c(F)cc(N3CC(CNC)OC3=O)cc2F)CC1. The van der Waals surface area contributed by atoms with Crippen molar-refractivity contribution in [2.45, 2.75) is 6.10 Å². The fourth-order valence-corrected chi connectivity index (χ4v) is 3.52. The fourth-order valence-electron chi connectivity index (χ4n) is 3.52. The maximum atomic E-state index is 14.7. The van der Waals surface area contributed by atoms with E-state index in [1.807, 2.05) is 0 Å². The van der Waals surface area contributed by atoms with Gasteiger partial charge in [0.2, 0.25) is 5.91 Å². The number of hydrogen-bond donors (Lipinski definition) is 2. The Morgan fingerprint density at radius 2 is 1.79 bits per heavy atom. The van der Waals surface area contributed by atoms with Gasteiger partial charge in [-0.1, -0.05) is 0 Å². The van der Waals surface area contributed by atoms with Crippen molar-refractivity contribution in [3.8, 4) is 0 Å². The van der Waals surface area contributed by atoms with Gasteiger partial charge in [-0.15, -0.1) is 0 Å². The predicted molar refractivity (Wildman–Crippen MR) is 101 cm³/mol. The normalized spacial score (nSPS) is 19.9. The van der Waals surface area contributed by atoms with E-state index in [4.69, 9.17) is 4.74 Å². The minimum absolute atomic E-state index is 0.0397. The largest absolute Gasteiger partial charge is 0.443 e. The van der Waals surface area contributed by atoms with Crippen LogP contribution >= 0.6 is 0 Å². The number of carbonyl (C=O) groups excluding carboxylic acids is 2. The number of anilines is 2. The highest BCUT2D eigenvalue weighted by Crippen LogP contribution is 2.31. The lowest BCUT2D eigenvalue weighted by Crippen LogP contribution is -2.51. The van der Waals surface area contributed by atoms with Crippen LogP contribution in [-0.2, 0) is 9.53 Å². The van der Waals surface area contributed by atoms with Gasteiger partial charge in [0, 0.05) is 44.9 Å². The number of benzene rings is 1. The van der Waals surface area contributed by atoms with E-state index in [1.165, 1.54) is 4.90 Å². The third kappa shape index (κ3) is 4.17. The number of amides is 2. The molecule has 1 unspecified atom stereocenters. The molecule has 2 amide bonds. The molecule has 28 heavy (non-hydrogen) atoms. The van der Waals surface area contributed by atoms with Gasteiger partial charge in [-0.2, -0.15) is 0 Å². The maximum absolute atomic E-state index is 14.7. The van der Waals surface area contributed by atoms with E-state index in [0.717, 1.165) is 12.1 Å². The molecule has 10 heteroatoms. The number of cyclic esters (lactones) is 1. The molecular formula is C18H25F2N5O3. The average Bonchev–Trinajstić information content (AvgIpc) is 3.02. The monoisotopic (exact) mass is 397 g/mol. The summed E-state index contributed by atoms with van der Waals surface area (Å²) in [5.74, 6) is -1.52. The van der Waals surface area contributed by atoms with E-state index in [0.29, 0.717) is 32.7 Å². The van der Waals surface area contributed by atoms with Gasteiger partial charge in [0.15, 0.2) is 11.6 Å². The molecule has 154 valence electrons. The van der Waals surface area contributed by atoms with Crippen molar-refractivity contribution in [3.05, 3.63) is 23.8 Å². The minimum Gasteiger partial charge on any atom is -0.443 e. The fraction of sp³-hybridized carbons (Fsp3) is 0.556. The Balaban J connectivity index is 1.71. The Hall–Kier alpha value is -2.46. The van der Waals surface area contributed by atoms with Crippen LogP contribution in [-0.4, -0.2) is 82.9 Å². The standard InChI is InChI=1S/C18H25F2N5O3/c1-21-9-13-11-25(18(27)28-13)12-7-14(19)17(15(20)8-12)24-5-3-23(4-6-24)16(26)10-22-2/h7-8,13,21-22H,3-6,9-11H2,1-2H3. The molecule has 0 radical (unpaired) electrons. The molecule has 0 aliphatic carbocycles. The summed E-state index contributed by atoms with van der Waals surface area (Å²) >= 11 is 0. The van der Waals surface area contributed by atoms with Gasteiger partial charge in [0.05, 0.1) is 18.8 Å². The zero-order valence-electron chi connectivity index (χ0n) is 16.0. The summed E-state index contributed by atoms with van der Waals surface area (Å²) in [6.45, 7) is 2.37. The summed E-state index contributed by atoms with van der Waals surface area (Å²) in [5, 5.41) is 5.71. The molecule has 0 spiro atoms. The summed E-state index contributed by atoms with van der Waals surface area (Å²) in [6, 6.07) is 2.31. The second-order valence-electron chi connectivity index (χ2n) is 6.83. The Kier molecular flexibility index (Phi) is 6.30. The van der Waals surface area contributed by atoms with Crippen LogP contribution in [0.2, 0.25) is 0 Å². The molecular weight excluding hydrogens is 372 g/mol. The first-order valence-corrected chi connectivity index (χ1v) is 9.23. The third-order valence-corrected chi connectivity index (χ3v) is 4.90. The molecule has 1 aromatic rings.